The number of hydrogen-bond acceptors (Lipinski definition) is 7. The Hall–Kier alpha value is -3.43. The van der Waals surface area contributed by atoms with Crippen molar-refractivity contribution in [3.05, 3.63) is 41.5 Å². The molecule has 4 aliphatic carbocycles. The van der Waals surface area contributed by atoms with Crippen LogP contribution < -0.4 is 15.4 Å². The molecule has 380 valence electrons. The third-order valence-corrected chi connectivity index (χ3v) is 16.8. The van der Waals surface area contributed by atoms with Gasteiger partial charge in [0.25, 0.3) is 0 Å². The van der Waals surface area contributed by atoms with Gasteiger partial charge in [0.05, 0.1) is 7.11 Å². The smallest absolute Gasteiger partial charge is 0.410 e. The molecule has 0 saturated heterocycles. The predicted octanol–water partition coefficient (Wildman–Crippen LogP) is 14.6. The Kier molecular flexibility index (Phi) is 19.1. The summed E-state index contributed by atoms with van der Waals surface area (Å²) in [5.74, 6) is 5.56. The maximum Gasteiger partial charge on any atom is 0.410 e. The lowest BCUT2D eigenvalue weighted by molar-refractivity contribution is -0.0594. The van der Waals surface area contributed by atoms with Gasteiger partial charge in [0.15, 0.2) is 0 Å². The summed E-state index contributed by atoms with van der Waals surface area (Å²) in [5, 5.41) is 6.06. The molecule has 2 N–H and O–H groups in total. The van der Waals surface area contributed by atoms with E-state index in [1.54, 1.807) is 7.11 Å². The molecule has 10 heteroatoms. The highest BCUT2D eigenvalue weighted by Gasteiger charge is 2.59. The number of alkyl carbamates (subject to hydrolysis) is 2. The van der Waals surface area contributed by atoms with Gasteiger partial charge in [-0.25, -0.2) is 14.4 Å². The first-order valence-corrected chi connectivity index (χ1v) is 26.7. The highest BCUT2D eigenvalue weighted by molar-refractivity contribution is 5.69. The number of fused-ring (bicyclic) bond motifs is 5. The molecular weight excluding hydrogens is 839 g/mol. The van der Waals surface area contributed by atoms with Crippen LogP contribution in [0.25, 0.3) is 0 Å². The van der Waals surface area contributed by atoms with E-state index in [0.717, 1.165) is 105 Å². The molecule has 8 atom stereocenters. The lowest BCUT2D eigenvalue weighted by Crippen LogP contribution is -2.51. The lowest BCUT2D eigenvalue weighted by atomic mass is 9.47. The number of amides is 3. The van der Waals surface area contributed by atoms with Crippen LogP contribution in [0.15, 0.2) is 35.9 Å². The predicted molar refractivity (Wildman–Crippen MR) is 271 cm³/mol. The summed E-state index contributed by atoms with van der Waals surface area (Å²) in [6.45, 7) is 27.4. The zero-order valence-electron chi connectivity index (χ0n) is 44.6. The third-order valence-electron chi connectivity index (χ3n) is 16.8. The van der Waals surface area contributed by atoms with Gasteiger partial charge in [0.1, 0.15) is 24.1 Å². The van der Waals surface area contributed by atoms with Gasteiger partial charge >= 0.3 is 18.3 Å². The number of methoxy groups -OCH3 is 1. The molecule has 0 aromatic heterocycles. The summed E-state index contributed by atoms with van der Waals surface area (Å²) in [7, 11) is 1.63. The standard InChI is InChI=1S/C57H95N3O7/c1-40(2)20-19-21-41(3)47-28-29-48-46-27-24-43-38-45(30-33-56(43,11)49(46)31-34-57(47,48)12)66-52(63)60(37-35-55(9,10)59-51(62)67-53(4,5)6)36-18-16-14-15-17-32-54(7,8)58-50(61)65-39-42-22-25-44(64-13)26-23-42/h22-26,40-41,45-49H,14-21,27-39H2,1-13H3,(H,58,61)(H,59,62)/t41-,45+,46+,47-,48+,49+,56+,57-/m1/s1. The molecule has 0 bridgehead atoms. The fraction of sp³-hybridized carbons (Fsp3) is 0.807. The zero-order valence-corrected chi connectivity index (χ0v) is 44.6. The van der Waals surface area contributed by atoms with E-state index in [0.29, 0.717) is 24.9 Å². The third kappa shape index (κ3) is 15.5. The minimum atomic E-state index is -0.598. The number of rotatable bonds is 22. The van der Waals surface area contributed by atoms with E-state index in [1.807, 2.05) is 77.6 Å². The fourth-order valence-electron chi connectivity index (χ4n) is 13.0. The Labute approximate surface area is 407 Å². The molecule has 5 rings (SSSR count). The van der Waals surface area contributed by atoms with Gasteiger partial charge in [-0.05, 0) is 177 Å². The van der Waals surface area contributed by atoms with Gasteiger partial charge in [0.2, 0.25) is 0 Å². The Morgan fingerprint density at radius 2 is 1.43 bits per heavy atom. The Morgan fingerprint density at radius 3 is 2.12 bits per heavy atom. The first kappa shape index (κ1) is 54.5. The van der Waals surface area contributed by atoms with Crippen molar-refractivity contribution in [1.82, 2.24) is 15.5 Å². The number of carbonyl (C=O) groups excluding carboxylic acids is 3. The van der Waals surface area contributed by atoms with Gasteiger partial charge in [-0.1, -0.05) is 103 Å². The summed E-state index contributed by atoms with van der Waals surface area (Å²) in [6, 6.07) is 7.49. The van der Waals surface area contributed by atoms with Crippen LogP contribution in [0.3, 0.4) is 0 Å². The zero-order chi connectivity index (χ0) is 49.2. The number of carbonyl (C=O) groups is 3. The largest absolute Gasteiger partial charge is 0.497 e. The molecule has 1 aromatic carbocycles. The Bertz CT molecular complexity index is 1780. The molecule has 0 heterocycles. The van der Waals surface area contributed by atoms with Crippen molar-refractivity contribution in [3.63, 3.8) is 0 Å². The van der Waals surface area contributed by atoms with E-state index < -0.39 is 28.9 Å². The topological polar surface area (TPSA) is 115 Å². The van der Waals surface area contributed by atoms with Gasteiger partial charge in [-0.2, -0.15) is 0 Å². The maximum atomic E-state index is 14.2. The summed E-state index contributed by atoms with van der Waals surface area (Å²) < 4.78 is 22.7. The van der Waals surface area contributed by atoms with Crippen molar-refractivity contribution < 1.29 is 33.3 Å². The average Bonchev–Trinajstić information content (AvgIpc) is 3.60. The fourth-order valence-corrected chi connectivity index (χ4v) is 13.0. The normalized spacial score (nSPS) is 26.6. The first-order valence-electron chi connectivity index (χ1n) is 26.7. The molecule has 0 unspecified atom stereocenters. The number of allylic oxidation sites excluding steroid dienone is 1. The Morgan fingerprint density at radius 1 is 0.761 bits per heavy atom. The molecule has 3 amide bonds. The highest BCUT2D eigenvalue weighted by atomic mass is 16.6. The van der Waals surface area contributed by atoms with E-state index in [4.69, 9.17) is 18.9 Å². The molecule has 1 aromatic rings. The van der Waals surface area contributed by atoms with Gasteiger partial charge in [-0.15, -0.1) is 0 Å². The summed E-state index contributed by atoms with van der Waals surface area (Å²) in [5.41, 5.74) is 1.53. The number of unbranched alkanes of at least 4 members (excludes halogenated alkanes) is 4. The summed E-state index contributed by atoms with van der Waals surface area (Å²) >= 11 is 0. The van der Waals surface area contributed by atoms with Crippen LogP contribution >= 0.6 is 0 Å². The average molecular weight is 934 g/mol. The minimum Gasteiger partial charge on any atom is -0.497 e. The number of nitrogens with one attached hydrogen (secondary N) is 2. The van der Waals surface area contributed by atoms with Crippen LogP contribution in [0, 0.1) is 46.3 Å². The van der Waals surface area contributed by atoms with E-state index >= 15 is 0 Å². The number of nitrogens with zero attached hydrogens (tertiary/aromatic N) is 1. The lowest BCUT2D eigenvalue weighted by Gasteiger charge is -2.58. The van der Waals surface area contributed by atoms with Crippen LogP contribution in [-0.2, 0) is 20.8 Å². The van der Waals surface area contributed by atoms with Crippen molar-refractivity contribution in [3.8, 4) is 5.75 Å². The summed E-state index contributed by atoms with van der Waals surface area (Å²) in [6.07, 6.45) is 21.3. The quantitative estimate of drug-likeness (QED) is 0.0676. The molecule has 3 fully saturated rings. The second-order valence-corrected chi connectivity index (χ2v) is 24.7. The molecule has 4 aliphatic rings. The van der Waals surface area contributed by atoms with E-state index in [2.05, 4.69) is 51.3 Å². The van der Waals surface area contributed by atoms with Crippen LogP contribution in [-0.4, -0.2) is 66.2 Å². The second-order valence-electron chi connectivity index (χ2n) is 24.7. The second kappa shape index (κ2) is 23.5. The molecular formula is C57H95N3O7. The molecule has 0 spiro atoms. The van der Waals surface area contributed by atoms with Crippen molar-refractivity contribution in [2.75, 3.05) is 20.2 Å². The van der Waals surface area contributed by atoms with Crippen LogP contribution in [0.1, 0.15) is 204 Å². The monoisotopic (exact) mass is 934 g/mol. The van der Waals surface area contributed by atoms with E-state index in [1.165, 1.54) is 56.9 Å². The molecule has 0 radical (unpaired) electrons. The van der Waals surface area contributed by atoms with Crippen LogP contribution in [0.2, 0.25) is 0 Å². The first-order chi connectivity index (χ1) is 31.4. The SMILES string of the molecule is COc1ccc(COC(=O)NC(C)(C)CCCCCCCN(CCC(C)(C)NC(=O)OC(C)(C)C)C(=O)O[C@H]2CC[C@@]3(C)C(=CC[C@H]4[C@@H]5CC[C@H]([C@H](C)CCCC(C)C)[C@@]5(C)CC[C@@H]43)C2)cc1. The maximum absolute atomic E-state index is 14.2. The van der Waals surface area contributed by atoms with Crippen molar-refractivity contribution in [2.45, 2.75) is 228 Å². The molecule has 3 saturated carbocycles. The number of benzene rings is 1. The van der Waals surface area contributed by atoms with Gasteiger partial charge < -0.3 is 34.5 Å². The molecule has 67 heavy (non-hydrogen) atoms. The van der Waals surface area contributed by atoms with Crippen molar-refractivity contribution in [1.29, 1.82) is 0 Å². The van der Waals surface area contributed by atoms with E-state index in [9.17, 15) is 14.4 Å². The Balaban J connectivity index is 1.12. The van der Waals surface area contributed by atoms with E-state index in [-0.39, 0.29) is 24.2 Å². The molecule has 0 aliphatic heterocycles. The number of ether oxygens (including phenoxy) is 4. The van der Waals surface area contributed by atoms with Gasteiger partial charge in [-0.3, -0.25) is 0 Å². The van der Waals surface area contributed by atoms with Crippen molar-refractivity contribution >= 4 is 18.3 Å². The summed E-state index contributed by atoms with van der Waals surface area (Å²) in [4.78, 5) is 41.4. The molecule has 10 nitrogen and oxygen atoms in total. The van der Waals surface area contributed by atoms with Crippen molar-refractivity contribution in [2.24, 2.45) is 46.3 Å². The minimum absolute atomic E-state index is 0.119. The highest BCUT2D eigenvalue weighted by Crippen LogP contribution is 2.67. The van der Waals surface area contributed by atoms with Crippen LogP contribution in [0.5, 0.6) is 5.75 Å². The number of hydrogen-bond donors (Lipinski definition) is 2. The van der Waals surface area contributed by atoms with Gasteiger partial charge in [0, 0.05) is 30.6 Å². The van der Waals surface area contributed by atoms with Crippen LogP contribution in [0.4, 0.5) is 14.4 Å².